The Kier molecular flexibility index (Phi) is 2.81. The fourth-order valence-electron chi connectivity index (χ4n) is 1.53. The number of hydrogen-bond acceptors (Lipinski definition) is 5. The molecular weight excluding hydrogens is 269 g/mol. The summed E-state index contributed by atoms with van der Waals surface area (Å²) in [5.41, 5.74) is 8.09. The van der Waals surface area contributed by atoms with Crippen LogP contribution in [0.15, 0.2) is 35.0 Å². The molecule has 6 heteroatoms. The van der Waals surface area contributed by atoms with Crippen molar-refractivity contribution in [3.05, 3.63) is 40.8 Å². The molecule has 0 fully saturated rings. The molecule has 0 unspecified atom stereocenters. The topological polar surface area (TPSA) is 51.8 Å². The van der Waals surface area contributed by atoms with E-state index in [1.165, 1.54) is 34.8 Å². The number of aromatic nitrogens is 2. The first-order valence-electron chi connectivity index (χ1n) is 5.15. The van der Waals surface area contributed by atoms with E-state index in [0.29, 0.717) is 5.13 Å². The van der Waals surface area contributed by atoms with E-state index in [2.05, 4.69) is 9.97 Å². The Morgan fingerprint density at radius 2 is 1.67 bits per heavy atom. The second-order valence-electron chi connectivity index (χ2n) is 3.62. The first kappa shape index (κ1) is 11.3. The van der Waals surface area contributed by atoms with E-state index in [1.807, 2.05) is 10.8 Å². The lowest BCUT2D eigenvalue weighted by Crippen LogP contribution is -1.83. The summed E-state index contributed by atoms with van der Waals surface area (Å²) in [6.45, 7) is 0. The molecule has 2 heterocycles. The molecule has 3 aromatic rings. The number of nitrogen functional groups attached to an aromatic ring is 1. The Hall–Kier alpha value is -1.79. The first-order valence-corrected chi connectivity index (χ1v) is 6.91. The maximum atomic E-state index is 12.8. The molecule has 18 heavy (non-hydrogen) atoms. The molecule has 2 N–H and O–H groups in total. The summed E-state index contributed by atoms with van der Waals surface area (Å²) < 4.78 is 12.8. The molecule has 0 amide bonds. The van der Waals surface area contributed by atoms with Crippen LogP contribution in [-0.4, -0.2) is 9.97 Å². The van der Waals surface area contributed by atoms with Gasteiger partial charge in [0.25, 0.3) is 0 Å². The van der Waals surface area contributed by atoms with Crippen molar-refractivity contribution in [3.8, 4) is 22.0 Å². The van der Waals surface area contributed by atoms with Gasteiger partial charge in [-0.1, -0.05) is 0 Å². The summed E-state index contributed by atoms with van der Waals surface area (Å²) >= 11 is 2.89. The molecule has 3 rings (SSSR count). The Balaban J connectivity index is 1.96. The van der Waals surface area contributed by atoms with E-state index < -0.39 is 0 Å². The zero-order valence-corrected chi connectivity index (χ0v) is 10.8. The summed E-state index contributed by atoms with van der Waals surface area (Å²) in [5.74, 6) is -0.249. The van der Waals surface area contributed by atoms with Crippen LogP contribution in [0.2, 0.25) is 0 Å². The van der Waals surface area contributed by atoms with Crippen LogP contribution in [0, 0.1) is 5.82 Å². The third-order valence-electron chi connectivity index (χ3n) is 2.39. The van der Waals surface area contributed by atoms with Crippen molar-refractivity contribution in [2.24, 2.45) is 0 Å². The minimum Gasteiger partial charge on any atom is -0.375 e. The minimum absolute atomic E-state index is 0.249. The van der Waals surface area contributed by atoms with Gasteiger partial charge in [-0.25, -0.2) is 14.4 Å². The summed E-state index contributed by atoms with van der Waals surface area (Å²) in [7, 11) is 0. The van der Waals surface area contributed by atoms with Crippen LogP contribution >= 0.6 is 22.7 Å². The Bertz CT molecular complexity index is 673. The van der Waals surface area contributed by atoms with Gasteiger partial charge in [0.1, 0.15) is 16.5 Å². The van der Waals surface area contributed by atoms with Gasteiger partial charge in [0.05, 0.1) is 5.69 Å². The zero-order chi connectivity index (χ0) is 12.5. The molecule has 0 saturated carbocycles. The van der Waals surface area contributed by atoms with Crippen LogP contribution in [0.5, 0.6) is 0 Å². The van der Waals surface area contributed by atoms with Gasteiger partial charge in [0.2, 0.25) is 0 Å². The molecule has 0 aliphatic rings. The Morgan fingerprint density at radius 1 is 0.944 bits per heavy atom. The van der Waals surface area contributed by atoms with Crippen molar-refractivity contribution in [3.63, 3.8) is 0 Å². The van der Waals surface area contributed by atoms with Gasteiger partial charge in [-0.2, -0.15) is 0 Å². The largest absolute Gasteiger partial charge is 0.375 e. The number of rotatable bonds is 2. The molecule has 0 bridgehead atoms. The number of thiazole rings is 2. The standard InChI is InChI=1S/C12H8FN3S2/c13-8-3-1-7(2-4-8)9-5-17-11(15-9)10-6-18-12(14)16-10/h1-6H,(H2,14,16). The summed E-state index contributed by atoms with van der Waals surface area (Å²) in [6, 6.07) is 6.28. The number of benzene rings is 1. The maximum Gasteiger partial charge on any atom is 0.180 e. The van der Waals surface area contributed by atoms with Crippen LogP contribution < -0.4 is 5.73 Å². The van der Waals surface area contributed by atoms with Crippen LogP contribution in [0.3, 0.4) is 0 Å². The SMILES string of the molecule is Nc1nc(-c2nc(-c3ccc(F)cc3)cs2)cs1. The lowest BCUT2D eigenvalue weighted by molar-refractivity contribution is 0.628. The fraction of sp³-hybridized carbons (Fsp3) is 0. The van der Waals surface area contributed by atoms with E-state index in [-0.39, 0.29) is 5.82 Å². The molecule has 3 nitrogen and oxygen atoms in total. The predicted octanol–water partition coefficient (Wildman–Crippen LogP) is 3.65. The zero-order valence-electron chi connectivity index (χ0n) is 9.13. The summed E-state index contributed by atoms with van der Waals surface area (Å²) in [4.78, 5) is 8.66. The average Bonchev–Trinajstić information content (AvgIpc) is 2.98. The molecule has 0 aliphatic carbocycles. The van der Waals surface area contributed by atoms with Gasteiger partial charge in [0.15, 0.2) is 5.13 Å². The number of hydrogen-bond donors (Lipinski definition) is 1. The van der Waals surface area contributed by atoms with Crippen molar-refractivity contribution in [2.45, 2.75) is 0 Å². The second kappa shape index (κ2) is 4.47. The monoisotopic (exact) mass is 277 g/mol. The van der Waals surface area contributed by atoms with Gasteiger partial charge in [-0.15, -0.1) is 22.7 Å². The van der Waals surface area contributed by atoms with Crippen LogP contribution in [0.4, 0.5) is 9.52 Å². The van der Waals surface area contributed by atoms with E-state index in [4.69, 9.17) is 5.73 Å². The van der Waals surface area contributed by atoms with Gasteiger partial charge in [0, 0.05) is 16.3 Å². The van der Waals surface area contributed by atoms with Crippen LogP contribution in [-0.2, 0) is 0 Å². The van der Waals surface area contributed by atoms with Crippen LogP contribution in [0.1, 0.15) is 0 Å². The third kappa shape index (κ3) is 2.12. The molecular formula is C12H8FN3S2. The molecule has 2 aromatic heterocycles. The highest BCUT2D eigenvalue weighted by Crippen LogP contribution is 2.30. The highest BCUT2D eigenvalue weighted by molar-refractivity contribution is 7.15. The van der Waals surface area contributed by atoms with Gasteiger partial charge >= 0.3 is 0 Å². The number of halogens is 1. The van der Waals surface area contributed by atoms with Crippen molar-refractivity contribution in [1.82, 2.24) is 9.97 Å². The van der Waals surface area contributed by atoms with Gasteiger partial charge in [-0.05, 0) is 24.3 Å². The third-order valence-corrected chi connectivity index (χ3v) is 3.92. The second-order valence-corrected chi connectivity index (χ2v) is 5.36. The molecule has 90 valence electrons. The molecule has 0 atom stereocenters. The number of anilines is 1. The number of nitrogens with zero attached hydrogens (tertiary/aromatic N) is 2. The smallest absolute Gasteiger partial charge is 0.180 e. The predicted molar refractivity (Wildman–Crippen MR) is 73.0 cm³/mol. The van der Waals surface area contributed by atoms with Crippen molar-refractivity contribution in [2.75, 3.05) is 5.73 Å². The Morgan fingerprint density at radius 3 is 2.33 bits per heavy atom. The fourth-order valence-corrected chi connectivity index (χ4v) is 2.94. The molecule has 0 saturated heterocycles. The first-order chi connectivity index (χ1) is 8.72. The Labute approximate surface area is 111 Å². The van der Waals surface area contributed by atoms with E-state index in [9.17, 15) is 4.39 Å². The normalized spacial score (nSPS) is 10.7. The lowest BCUT2D eigenvalue weighted by Gasteiger charge is -1.95. The van der Waals surface area contributed by atoms with Gasteiger partial charge < -0.3 is 5.73 Å². The maximum absolute atomic E-state index is 12.8. The van der Waals surface area contributed by atoms with Crippen molar-refractivity contribution >= 4 is 27.8 Å². The van der Waals surface area contributed by atoms with E-state index >= 15 is 0 Å². The quantitative estimate of drug-likeness (QED) is 0.777. The highest BCUT2D eigenvalue weighted by atomic mass is 32.1. The summed E-state index contributed by atoms with van der Waals surface area (Å²) in [5, 5.41) is 5.16. The minimum atomic E-state index is -0.249. The highest BCUT2D eigenvalue weighted by Gasteiger charge is 2.09. The summed E-state index contributed by atoms with van der Waals surface area (Å²) in [6.07, 6.45) is 0. The molecule has 0 aliphatic heterocycles. The molecule has 1 aromatic carbocycles. The average molecular weight is 277 g/mol. The molecule has 0 spiro atoms. The van der Waals surface area contributed by atoms with E-state index in [1.54, 1.807) is 12.1 Å². The molecule has 0 radical (unpaired) electrons. The van der Waals surface area contributed by atoms with Crippen molar-refractivity contribution < 1.29 is 4.39 Å². The van der Waals surface area contributed by atoms with Crippen LogP contribution in [0.25, 0.3) is 22.0 Å². The van der Waals surface area contributed by atoms with Gasteiger partial charge in [-0.3, -0.25) is 0 Å². The lowest BCUT2D eigenvalue weighted by atomic mass is 10.2. The van der Waals surface area contributed by atoms with E-state index in [0.717, 1.165) is 22.0 Å². The number of nitrogens with two attached hydrogens (primary N) is 1. The van der Waals surface area contributed by atoms with Crippen molar-refractivity contribution in [1.29, 1.82) is 0 Å².